The summed E-state index contributed by atoms with van der Waals surface area (Å²) >= 11 is 3.87. The number of aromatic amines is 1. The van der Waals surface area contributed by atoms with Crippen LogP contribution in [0.4, 0.5) is 0 Å². The van der Waals surface area contributed by atoms with Crippen LogP contribution in [0.1, 0.15) is 0 Å². The smallest absolute Gasteiger partial charge is 0.162 e. The third-order valence-electron chi connectivity index (χ3n) is 0.484. The summed E-state index contributed by atoms with van der Waals surface area (Å²) in [6.45, 7) is 0. The van der Waals surface area contributed by atoms with Gasteiger partial charge in [-0.1, -0.05) is 0 Å². The molecule has 1 heterocycles. The van der Waals surface area contributed by atoms with Gasteiger partial charge in [0.25, 0.3) is 0 Å². The van der Waals surface area contributed by atoms with Crippen molar-refractivity contribution in [1.29, 1.82) is 0 Å². The van der Waals surface area contributed by atoms with Crippen molar-refractivity contribution in [1.82, 2.24) is 9.97 Å². The molecule has 4 heteroatoms. The Morgan fingerprint density at radius 3 is 2.57 bits per heavy atom. The van der Waals surface area contributed by atoms with E-state index in [1.54, 1.807) is 12.4 Å². The fraction of sp³-hybridized carbons (Fsp3) is 0. The lowest BCUT2D eigenvalue weighted by atomic mass is 11.0. The molecule has 0 unspecified atom stereocenters. The van der Waals surface area contributed by atoms with Crippen molar-refractivity contribution in [2.24, 2.45) is 0 Å². The first-order chi connectivity index (χ1) is 2.89. The van der Waals surface area contributed by atoms with Gasteiger partial charge >= 0.3 is 0 Å². The van der Waals surface area contributed by atoms with E-state index in [4.69, 9.17) is 0 Å². The number of thiol groups is 1. The topological polar surface area (TPSA) is 28.7 Å². The molecule has 0 atom stereocenters. The van der Waals surface area contributed by atoms with E-state index in [0.717, 1.165) is 0 Å². The van der Waals surface area contributed by atoms with Crippen LogP contribution in [0.2, 0.25) is 0 Å². The largest absolute Gasteiger partial charge is 0.340 e. The molecule has 0 spiro atoms. The molecule has 0 fully saturated rings. The van der Waals surface area contributed by atoms with Gasteiger partial charge in [-0.25, -0.2) is 4.98 Å². The molecular weight excluding hydrogens is 128 g/mol. The molecule has 0 aliphatic carbocycles. The van der Waals surface area contributed by atoms with E-state index in [0.29, 0.717) is 5.16 Å². The molecule has 2 nitrogen and oxygen atoms in total. The maximum Gasteiger partial charge on any atom is 0.162 e. The number of H-pyrrole nitrogens is 1. The van der Waals surface area contributed by atoms with Gasteiger partial charge in [0, 0.05) is 12.4 Å². The fourth-order valence-electron chi connectivity index (χ4n) is 0.257. The molecule has 0 radical (unpaired) electrons. The van der Waals surface area contributed by atoms with Gasteiger partial charge in [0.15, 0.2) is 5.16 Å². The first kappa shape index (κ1) is 6.91. The predicted molar refractivity (Wildman–Crippen MR) is 36.2 cm³/mol. The molecule has 0 amide bonds. The van der Waals surface area contributed by atoms with E-state index >= 15 is 0 Å². The van der Waals surface area contributed by atoms with E-state index in [9.17, 15) is 0 Å². The molecular formula is C3H6N2S2. The van der Waals surface area contributed by atoms with Crippen LogP contribution in [-0.2, 0) is 0 Å². The van der Waals surface area contributed by atoms with Crippen LogP contribution in [0.3, 0.4) is 0 Å². The van der Waals surface area contributed by atoms with Crippen LogP contribution in [0, 0.1) is 0 Å². The van der Waals surface area contributed by atoms with Gasteiger partial charge in [0.2, 0.25) is 0 Å². The van der Waals surface area contributed by atoms with Gasteiger partial charge in [-0.05, 0) is 0 Å². The second-order valence-corrected chi connectivity index (χ2v) is 1.34. The maximum atomic E-state index is 3.87. The molecule has 1 aromatic rings. The Morgan fingerprint density at radius 1 is 1.71 bits per heavy atom. The van der Waals surface area contributed by atoms with Crippen LogP contribution < -0.4 is 0 Å². The molecule has 1 aromatic heterocycles. The number of nitrogens with zero attached hydrogens (tertiary/aromatic N) is 1. The number of aromatic nitrogens is 2. The fourth-order valence-corrected chi connectivity index (χ4v) is 0.398. The van der Waals surface area contributed by atoms with Crippen LogP contribution in [-0.4, -0.2) is 9.97 Å². The van der Waals surface area contributed by atoms with Crippen LogP contribution in [0.5, 0.6) is 0 Å². The van der Waals surface area contributed by atoms with Crippen molar-refractivity contribution >= 4 is 26.1 Å². The number of hydrogen-bond acceptors (Lipinski definition) is 2. The summed E-state index contributed by atoms with van der Waals surface area (Å²) in [5, 5.41) is 0.662. The van der Waals surface area contributed by atoms with Gasteiger partial charge < -0.3 is 4.98 Å². The summed E-state index contributed by atoms with van der Waals surface area (Å²) in [6, 6.07) is 0. The Bertz CT molecular complexity index is 114. The van der Waals surface area contributed by atoms with Gasteiger partial charge in [-0.15, -0.1) is 12.6 Å². The zero-order valence-electron chi connectivity index (χ0n) is 3.55. The summed E-state index contributed by atoms with van der Waals surface area (Å²) < 4.78 is 0. The Hall–Kier alpha value is -0.0900. The van der Waals surface area contributed by atoms with E-state index in [1.165, 1.54) is 0 Å². The normalized spacial score (nSPS) is 7.57. The minimum Gasteiger partial charge on any atom is -0.340 e. The third-order valence-corrected chi connectivity index (χ3v) is 0.728. The lowest BCUT2D eigenvalue weighted by Crippen LogP contribution is -1.59. The standard InChI is InChI=1S/C3H4N2S.H2S/c6-3-4-1-2-5-3;/h1-2H,(H2,4,5,6);1H2. The Balaban J connectivity index is 0.000000360. The Kier molecular flexibility index (Phi) is 2.95. The number of nitrogens with one attached hydrogen (secondary N) is 1. The average Bonchev–Trinajstić information content (AvgIpc) is 1.86. The highest BCUT2D eigenvalue weighted by Crippen LogP contribution is 1.89. The van der Waals surface area contributed by atoms with Gasteiger partial charge in [0.1, 0.15) is 0 Å². The zero-order valence-corrected chi connectivity index (χ0v) is 5.44. The average molecular weight is 134 g/mol. The second-order valence-electron chi connectivity index (χ2n) is 0.913. The lowest BCUT2D eigenvalue weighted by molar-refractivity contribution is 1.07. The molecule has 7 heavy (non-hydrogen) atoms. The van der Waals surface area contributed by atoms with Crippen LogP contribution in [0.15, 0.2) is 17.6 Å². The number of rotatable bonds is 0. The summed E-state index contributed by atoms with van der Waals surface area (Å²) in [4.78, 5) is 6.48. The van der Waals surface area contributed by atoms with Crippen molar-refractivity contribution in [2.75, 3.05) is 0 Å². The van der Waals surface area contributed by atoms with Crippen LogP contribution in [0.25, 0.3) is 0 Å². The molecule has 1 N–H and O–H groups in total. The molecule has 0 saturated carbocycles. The lowest BCUT2D eigenvalue weighted by Gasteiger charge is -1.67. The predicted octanol–water partition coefficient (Wildman–Crippen LogP) is 0.811. The van der Waals surface area contributed by atoms with Crippen molar-refractivity contribution in [2.45, 2.75) is 5.16 Å². The van der Waals surface area contributed by atoms with E-state index in [-0.39, 0.29) is 13.5 Å². The molecule has 0 saturated heterocycles. The SMILES string of the molecule is S.Sc1ncc[nH]1. The third kappa shape index (κ3) is 1.89. The molecule has 0 aliphatic rings. The molecule has 40 valence electrons. The minimum atomic E-state index is 0. The van der Waals surface area contributed by atoms with E-state index in [1.807, 2.05) is 0 Å². The molecule has 0 aromatic carbocycles. The minimum absolute atomic E-state index is 0. The van der Waals surface area contributed by atoms with E-state index < -0.39 is 0 Å². The maximum absolute atomic E-state index is 3.87. The number of hydrogen-bond donors (Lipinski definition) is 2. The first-order valence-electron chi connectivity index (χ1n) is 1.58. The Morgan fingerprint density at radius 2 is 2.43 bits per heavy atom. The first-order valence-corrected chi connectivity index (χ1v) is 2.02. The van der Waals surface area contributed by atoms with Crippen molar-refractivity contribution < 1.29 is 0 Å². The highest BCUT2D eigenvalue weighted by atomic mass is 32.1. The summed E-state index contributed by atoms with van der Waals surface area (Å²) in [5.74, 6) is 0. The highest BCUT2D eigenvalue weighted by molar-refractivity contribution is 7.80. The monoisotopic (exact) mass is 134 g/mol. The zero-order chi connectivity index (χ0) is 4.41. The van der Waals surface area contributed by atoms with Crippen molar-refractivity contribution in [3.63, 3.8) is 0 Å². The molecule has 0 aliphatic heterocycles. The van der Waals surface area contributed by atoms with Gasteiger partial charge in [0.05, 0.1) is 0 Å². The second kappa shape index (κ2) is 2.98. The summed E-state index contributed by atoms with van der Waals surface area (Å²) in [5.41, 5.74) is 0. The van der Waals surface area contributed by atoms with Gasteiger partial charge in [-0.2, -0.15) is 13.5 Å². The molecule has 0 bridgehead atoms. The van der Waals surface area contributed by atoms with Crippen LogP contribution >= 0.6 is 26.1 Å². The molecule has 1 rings (SSSR count). The Labute approximate surface area is 54.2 Å². The van der Waals surface area contributed by atoms with E-state index in [2.05, 4.69) is 22.6 Å². The van der Waals surface area contributed by atoms with Gasteiger partial charge in [-0.3, -0.25) is 0 Å². The quantitative estimate of drug-likeness (QED) is 0.505. The summed E-state index contributed by atoms with van der Waals surface area (Å²) in [6.07, 6.45) is 3.38. The number of imidazole rings is 1. The van der Waals surface area contributed by atoms with Crippen molar-refractivity contribution in [3.05, 3.63) is 12.4 Å². The summed E-state index contributed by atoms with van der Waals surface area (Å²) in [7, 11) is 0. The highest BCUT2D eigenvalue weighted by Gasteiger charge is 1.75. The van der Waals surface area contributed by atoms with Crippen molar-refractivity contribution in [3.8, 4) is 0 Å².